The first-order chi connectivity index (χ1) is 13.0. The standard InChI is InChI=1S/C20H19N3O4/c1-13(23-19(26)15-9-5-6-10-16(15)20(23)27)17(24)21-11-12-22-18(25)14-7-3-2-4-8-14/h2-10,13H,11-12H2,1H3,(H,21,24)(H,22,25). The van der Waals surface area contributed by atoms with E-state index in [0.717, 1.165) is 4.90 Å². The highest BCUT2D eigenvalue weighted by atomic mass is 16.2. The molecular formula is C20H19N3O4. The van der Waals surface area contributed by atoms with Crippen molar-refractivity contribution >= 4 is 23.6 Å². The first kappa shape index (κ1) is 18.3. The van der Waals surface area contributed by atoms with E-state index in [-0.39, 0.29) is 19.0 Å². The van der Waals surface area contributed by atoms with Gasteiger partial charge in [0, 0.05) is 18.7 Å². The van der Waals surface area contributed by atoms with Crippen LogP contribution in [0.3, 0.4) is 0 Å². The Bertz CT molecular complexity index is 860. The van der Waals surface area contributed by atoms with Crippen molar-refractivity contribution in [3.05, 3.63) is 71.3 Å². The number of hydrogen-bond acceptors (Lipinski definition) is 4. The van der Waals surface area contributed by atoms with Crippen molar-refractivity contribution in [3.8, 4) is 0 Å². The molecule has 1 aliphatic heterocycles. The third-order valence-electron chi connectivity index (χ3n) is 4.34. The van der Waals surface area contributed by atoms with Gasteiger partial charge in [0.05, 0.1) is 11.1 Å². The van der Waals surface area contributed by atoms with Gasteiger partial charge in [0.15, 0.2) is 0 Å². The van der Waals surface area contributed by atoms with E-state index in [2.05, 4.69) is 10.6 Å². The molecule has 2 aromatic rings. The molecule has 3 rings (SSSR count). The van der Waals surface area contributed by atoms with Gasteiger partial charge in [-0.2, -0.15) is 0 Å². The predicted molar refractivity (Wildman–Crippen MR) is 98.2 cm³/mol. The van der Waals surface area contributed by atoms with Gasteiger partial charge in [-0.05, 0) is 31.2 Å². The molecular weight excluding hydrogens is 346 g/mol. The molecule has 27 heavy (non-hydrogen) atoms. The number of nitrogens with one attached hydrogen (secondary N) is 2. The Morgan fingerprint density at radius 1 is 0.852 bits per heavy atom. The summed E-state index contributed by atoms with van der Waals surface area (Å²) in [5.74, 6) is -1.65. The molecule has 0 radical (unpaired) electrons. The van der Waals surface area contributed by atoms with Crippen molar-refractivity contribution in [2.45, 2.75) is 13.0 Å². The summed E-state index contributed by atoms with van der Waals surface area (Å²) in [5, 5.41) is 5.33. The van der Waals surface area contributed by atoms with Crippen LogP contribution >= 0.6 is 0 Å². The normalized spacial score (nSPS) is 13.9. The van der Waals surface area contributed by atoms with E-state index < -0.39 is 23.8 Å². The molecule has 7 heteroatoms. The van der Waals surface area contributed by atoms with E-state index in [1.54, 1.807) is 48.5 Å². The molecule has 1 unspecified atom stereocenters. The minimum atomic E-state index is -0.942. The average molecular weight is 365 g/mol. The number of carbonyl (C=O) groups excluding carboxylic acids is 4. The second-order valence-corrected chi connectivity index (χ2v) is 6.11. The topological polar surface area (TPSA) is 95.6 Å². The van der Waals surface area contributed by atoms with Crippen LogP contribution < -0.4 is 10.6 Å². The number of hydrogen-bond donors (Lipinski definition) is 2. The zero-order valence-electron chi connectivity index (χ0n) is 14.8. The number of nitrogens with zero attached hydrogens (tertiary/aromatic N) is 1. The molecule has 138 valence electrons. The van der Waals surface area contributed by atoms with Crippen LogP contribution in [0, 0.1) is 0 Å². The van der Waals surface area contributed by atoms with Crippen LogP contribution in [0.5, 0.6) is 0 Å². The van der Waals surface area contributed by atoms with Gasteiger partial charge in [0.1, 0.15) is 6.04 Å². The molecule has 1 atom stereocenters. The van der Waals surface area contributed by atoms with E-state index in [9.17, 15) is 19.2 Å². The molecule has 1 heterocycles. The van der Waals surface area contributed by atoms with Gasteiger partial charge in [-0.1, -0.05) is 30.3 Å². The first-order valence-corrected chi connectivity index (χ1v) is 8.58. The molecule has 1 aliphatic rings. The van der Waals surface area contributed by atoms with Gasteiger partial charge in [0.2, 0.25) is 5.91 Å². The Kier molecular flexibility index (Phi) is 5.30. The van der Waals surface area contributed by atoms with Gasteiger partial charge in [-0.25, -0.2) is 0 Å². The monoisotopic (exact) mass is 365 g/mol. The van der Waals surface area contributed by atoms with Gasteiger partial charge < -0.3 is 10.6 Å². The van der Waals surface area contributed by atoms with E-state index >= 15 is 0 Å². The van der Waals surface area contributed by atoms with Gasteiger partial charge in [-0.3, -0.25) is 24.1 Å². The van der Waals surface area contributed by atoms with Crippen LogP contribution in [-0.2, 0) is 4.79 Å². The SMILES string of the molecule is CC(C(=O)NCCNC(=O)c1ccccc1)N1C(=O)c2ccccc2C1=O. The van der Waals surface area contributed by atoms with Crippen molar-refractivity contribution < 1.29 is 19.2 Å². The minimum Gasteiger partial charge on any atom is -0.353 e. The Morgan fingerprint density at radius 2 is 1.37 bits per heavy atom. The zero-order chi connectivity index (χ0) is 19.4. The van der Waals surface area contributed by atoms with E-state index in [1.807, 2.05) is 6.07 Å². The van der Waals surface area contributed by atoms with Crippen LogP contribution in [0.1, 0.15) is 38.0 Å². The Hall–Kier alpha value is -3.48. The van der Waals surface area contributed by atoms with Crippen molar-refractivity contribution in [3.63, 3.8) is 0 Å². The fraction of sp³-hybridized carbons (Fsp3) is 0.200. The van der Waals surface area contributed by atoms with Gasteiger partial charge in [0.25, 0.3) is 17.7 Å². The molecule has 0 fully saturated rings. The summed E-state index contributed by atoms with van der Waals surface area (Å²) < 4.78 is 0. The number of carbonyl (C=O) groups is 4. The molecule has 4 amide bonds. The summed E-state index contributed by atoms with van der Waals surface area (Å²) in [6.07, 6.45) is 0. The highest BCUT2D eigenvalue weighted by Gasteiger charge is 2.40. The summed E-state index contributed by atoms with van der Waals surface area (Å²) in [6, 6.07) is 14.3. The smallest absolute Gasteiger partial charge is 0.262 e. The van der Waals surface area contributed by atoms with Gasteiger partial charge >= 0.3 is 0 Å². The van der Waals surface area contributed by atoms with Crippen LogP contribution in [-0.4, -0.2) is 47.7 Å². The number of imide groups is 1. The van der Waals surface area contributed by atoms with Crippen LogP contribution in [0.25, 0.3) is 0 Å². The van der Waals surface area contributed by atoms with E-state index in [1.165, 1.54) is 6.92 Å². The van der Waals surface area contributed by atoms with E-state index in [0.29, 0.717) is 16.7 Å². The molecule has 0 aromatic heterocycles. The van der Waals surface area contributed by atoms with Crippen LogP contribution in [0.2, 0.25) is 0 Å². The van der Waals surface area contributed by atoms with Crippen molar-refractivity contribution in [2.75, 3.05) is 13.1 Å². The fourth-order valence-corrected chi connectivity index (χ4v) is 2.88. The lowest BCUT2D eigenvalue weighted by molar-refractivity contribution is -0.124. The minimum absolute atomic E-state index is 0.185. The Morgan fingerprint density at radius 3 is 1.96 bits per heavy atom. The molecule has 0 saturated carbocycles. The van der Waals surface area contributed by atoms with Gasteiger partial charge in [-0.15, -0.1) is 0 Å². The maximum atomic E-state index is 12.4. The highest BCUT2D eigenvalue weighted by molar-refractivity contribution is 6.22. The van der Waals surface area contributed by atoms with Crippen LogP contribution in [0.4, 0.5) is 0 Å². The summed E-state index contributed by atoms with van der Waals surface area (Å²) in [4.78, 5) is 50.0. The van der Waals surface area contributed by atoms with E-state index in [4.69, 9.17) is 0 Å². The summed E-state index contributed by atoms with van der Waals surface area (Å²) in [5.41, 5.74) is 1.14. The number of amides is 4. The Balaban J connectivity index is 1.51. The second-order valence-electron chi connectivity index (χ2n) is 6.11. The summed E-state index contributed by atoms with van der Waals surface area (Å²) >= 11 is 0. The maximum absolute atomic E-state index is 12.4. The number of rotatable bonds is 6. The molecule has 0 bridgehead atoms. The molecule has 0 aliphatic carbocycles. The summed E-state index contributed by atoms with van der Waals surface area (Å²) in [7, 11) is 0. The zero-order valence-corrected chi connectivity index (χ0v) is 14.8. The van der Waals surface area contributed by atoms with Crippen molar-refractivity contribution in [2.24, 2.45) is 0 Å². The first-order valence-electron chi connectivity index (χ1n) is 8.58. The third kappa shape index (κ3) is 3.72. The predicted octanol–water partition coefficient (Wildman–Crippen LogP) is 1.22. The highest BCUT2D eigenvalue weighted by Crippen LogP contribution is 2.24. The summed E-state index contributed by atoms with van der Waals surface area (Å²) in [6.45, 7) is 1.92. The maximum Gasteiger partial charge on any atom is 0.262 e. The second kappa shape index (κ2) is 7.82. The molecule has 2 N–H and O–H groups in total. The number of fused-ring (bicyclic) bond motifs is 1. The largest absolute Gasteiger partial charge is 0.353 e. The quantitative estimate of drug-likeness (QED) is 0.594. The molecule has 0 spiro atoms. The number of benzene rings is 2. The Labute approximate surface area is 156 Å². The fourth-order valence-electron chi connectivity index (χ4n) is 2.88. The molecule has 2 aromatic carbocycles. The third-order valence-corrected chi connectivity index (χ3v) is 4.34. The molecule has 0 saturated heterocycles. The van der Waals surface area contributed by atoms with Crippen molar-refractivity contribution in [1.82, 2.24) is 15.5 Å². The lowest BCUT2D eigenvalue weighted by Gasteiger charge is -2.21. The average Bonchev–Trinajstić information content (AvgIpc) is 2.95. The lowest BCUT2D eigenvalue weighted by Crippen LogP contribution is -2.49. The van der Waals surface area contributed by atoms with Crippen molar-refractivity contribution in [1.29, 1.82) is 0 Å². The lowest BCUT2D eigenvalue weighted by atomic mass is 10.1. The van der Waals surface area contributed by atoms with Crippen LogP contribution in [0.15, 0.2) is 54.6 Å². The molecule has 7 nitrogen and oxygen atoms in total.